The Kier molecular flexibility index (Phi) is 2.58. The first kappa shape index (κ1) is 8.46. The quantitative estimate of drug-likeness (QED) is 0.663. The molecule has 0 aliphatic heterocycles. The highest BCUT2D eigenvalue weighted by Gasteiger charge is 1.97. The molecular weight excluding hydrogens is 157 g/mol. The standard InChI is InChI=1S/C9H7FNO/c1-2-9(12)11-8-5-3-4-7(10)6-8/h2-5H,1H2,(H,11,12). The molecule has 1 amide bonds. The van der Waals surface area contributed by atoms with Crippen LogP contribution in [-0.4, -0.2) is 5.91 Å². The van der Waals surface area contributed by atoms with Crippen LogP contribution in [0.5, 0.6) is 0 Å². The average Bonchev–Trinajstić information content (AvgIpc) is 2.04. The lowest BCUT2D eigenvalue weighted by atomic mass is 10.3. The van der Waals surface area contributed by atoms with Gasteiger partial charge in [-0.3, -0.25) is 4.79 Å². The summed E-state index contributed by atoms with van der Waals surface area (Å²) in [6.45, 7) is 3.26. The van der Waals surface area contributed by atoms with Gasteiger partial charge in [0, 0.05) is 6.07 Å². The zero-order valence-corrected chi connectivity index (χ0v) is 6.30. The molecule has 1 rings (SSSR count). The lowest BCUT2D eigenvalue weighted by molar-refractivity contribution is -0.111. The zero-order valence-electron chi connectivity index (χ0n) is 6.30. The van der Waals surface area contributed by atoms with E-state index >= 15 is 0 Å². The fraction of sp³-hybridized carbons (Fsp3) is 0. The number of carbonyl (C=O) groups excluding carboxylic acids is 1. The van der Waals surface area contributed by atoms with Crippen molar-refractivity contribution in [1.29, 1.82) is 0 Å². The van der Waals surface area contributed by atoms with Gasteiger partial charge in [-0.2, -0.15) is 0 Å². The molecule has 0 saturated carbocycles. The SMILES string of the molecule is C=CC(=O)Nc1[c]c(F)ccc1. The lowest BCUT2D eigenvalue weighted by Gasteiger charge is -1.99. The number of nitrogens with one attached hydrogen (secondary N) is 1. The molecule has 61 valence electrons. The molecule has 0 atom stereocenters. The summed E-state index contributed by atoms with van der Waals surface area (Å²) >= 11 is 0. The van der Waals surface area contributed by atoms with Gasteiger partial charge < -0.3 is 5.32 Å². The van der Waals surface area contributed by atoms with E-state index in [0.29, 0.717) is 5.69 Å². The number of anilines is 1. The van der Waals surface area contributed by atoms with E-state index in [1.807, 2.05) is 0 Å². The molecule has 2 nitrogen and oxygen atoms in total. The Morgan fingerprint density at radius 2 is 2.42 bits per heavy atom. The summed E-state index contributed by atoms with van der Waals surface area (Å²) in [7, 11) is 0. The number of benzene rings is 1. The summed E-state index contributed by atoms with van der Waals surface area (Å²) in [5.41, 5.74) is 0.305. The minimum atomic E-state index is -0.503. The van der Waals surface area contributed by atoms with Crippen molar-refractivity contribution in [3.63, 3.8) is 0 Å². The van der Waals surface area contributed by atoms with Gasteiger partial charge in [-0.1, -0.05) is 12.6 Å². The summed E-state index contributed by atoms with van der Waals surface area (Å²) in [5.74, 6) is -0.881. The normalized spacial score (nSPS) is 9.08. The zero-order chi connectivity index (χ0) is 8.97. The summed E-state index contributed by atoms with van der Waals surface area (Å²) < 4.78 is 12.5. The smallest absolute Gasteiger partial charge is 0.247 e. The molecule has 0 heterocycles. The summed E-state index contributed by atoms with van der Waals surface area (Å²) in [6, 6.07) is 6.62. The van der Waals surface area contributed by atoms with E-state index in [1.165, 1.54) is 12.1 Å². The lowest BCUT2D eigenvalue weighted by Crippen LogP contribution is -2.07. The van der Waals surface area contributed by atoms with E-state index in [0.717, 1.165) is 6.08 Å². The number of hydrogen-bond acceptors (Lipinski definition) is 1. The van der Waals surface area contributed by atoms with Gasteiger partial charge in [0.2, 0.25) is 5.91 Å². The number of carbonyl (C=O) groups is 1. The molecule has 1 aromatic rings. The molecule has 0 aliphatic rings. The van der Waals surface area contributed by atoms with Crippen molar-refractivity contribution in [2.45, 2.75) is 0 Å². The number of rotatable bonds is 2. The highest BCUT2D eigenvalue weighted by molar-refractivity contribution is 5.98. The van der Waals surface area contributed by atoms with Crippen LogP contribution in [0.25, 0.3) is 0 Å². The number of amides is 1. The predicted molar refractivity (Wildman–Crippen MR) is 44.1 cm³/mol. The van der Waals surface area contributed by atoms with Crippen molar-refractivity contribution >= 4 is 11.6 Å². The van der Waals surface area contributed by atoms with E-state index in [4.69, 9.17) is 0 Å². The largest absolute Gasteiger partial charge is 0.322 e. The second-order valence-corrected chi connectivity index (χ2v) is 2.11. The summed E-state index contributed by atoms with van der Waals surface area (Å²) in [6.07, 6.45) is 1.11. The van der Waals surface area contributed by atoms with Gasteiger partial charge in [-0.05, 0) is 18.2 Å². The third-order valence-electron chi connectivity index (χ3n) is 1.20. The van der Waals surface area contributed by atoms with Crippen molar-refractivity contribution in [1.82, 2.24) is 0 Å². The molecule has 1 N–H and O–H groups in total. The van der Waals surface area contributed by atoms with Gasteiger partial charge in [-0.15, -0.1) is 0 Å². The van der Waals surface area contributed by atoms with Gasteiger partial charge in [0.25, 0.3) is 0 Å². The average molecular weight is 164 g/mol. The maximum Gasteiger partial charge on any atom is 0.247 e. The Morgan fingerprint density at radius 1 is 1.67 bits per heavy atom. The molecule has 0 unspecified atom stereocenters. The second kappa shape index (κ2) is 3.67. The number of halogens is 1. The molecule has 1 radical (unpaired) electrons. The van der Waals surface area contributed by atoms with E-state index in [9.17, 15) is 9.18 Å². The first-order valence-corrected chi connectivity index (χ1v) is 3.33. The monoisotopic (exact) mass is 164 g/mol. The first-order valence-electron chi connectivity index (χ1n) is 3.33. The Balaban J connectivity index is 2.76. The molecule has 12 heavy (non-hydrogen) atoms. The van der Waals surface area contributed by atoms with E-state index < -0.39 is 5.82 Å². The van der Waals surface area contributed by atoms with Gasteiger partial charge in [0.05, 0.1) is 5.69 Å². The highest BCUT2D eigenvalue weighted by atomic mass is 19.1. The van der Waals surface area contributed by atoms with Gasteiger partial charge in [0.1, 0.15) is 5.82 Å². The van der Waals surface area contributed by atoms with Crippen molar-refractivity contribution in [2.24, 2.45) is 0 Å². The molecule has 1 aromatic carbocycles. The first-order chi connectivity index (χ1) is 5.72. The molecule has 0 aromatic heterocycles. The van der Waals surface area contributed by atoms with Crippen molar-refractivity contribution in [3.8, 4) is 0 Å². The topological polar surface area (TPSA) is 29.1 Å². The minimum absolute atomic E-state index is 0.305. The second-order valence-electron chi connectivity index (χ2n) is 2.11. The third-order valence-corrected chi connectivity index (χ3v) is 1.20. The van der Waals surface area contributed by atoms with Crippen LogP contribution in [-0.2, 0) is 4.79 Å². The van der Waals surface area contributed by atoms with Crippen molar-refractivity contribution in [3.05, 3.63) is 42.7 Å². The molecule has 0 spiro atoms. The van der Waals surface area contributed by atoms with Crippen LogP contribution in [0, 0.1) is 11.9 Å². The highest BCUT2D eigenvalue weighted by Crippen LogP contribution is 2.07. The van der Waals surface area contributed by atoms with Crippen molar-refractivity contribution < 1.29 is 9.18 Å². The molecule has 3 heteroatoms. The van der Waals surface area contributed by atoms with Crippen LogP contribution in [0.3, 0.4) is 0 Å². The third kappa shape index (κ3) is 2.20. The predicted octanol–water partition coefficient (Wildman–Crippen LogP) is 1.75. The van der Waals surface area contributed by atoms with Crippen LogP contribution >= 0.6 is 0 Å². The van der Waals surface area contributed by atoms with Crippen LogP contribution in [0.2, 0.25) is 0 Å². The Labute approximate surface area is 69.7 Å². The Hall–Kier alpha value is -1.64. The van der Waals surface area contributed by atoms with E-state index in [2.05, 4.69) is 18.0 Å². The molecule has 0 fully saturated rings. The van der Waals surface area contributed by atoms with Crippen LogP contribution in [0.1, 0.15) is 0 Å². The fourth-order valence-electron chi connectivity index (χ4n) is 0.697. The Bertz CT molecular complexity index is 309. The maximum atomic E-state index is 12.5. The minimum Gasteiger partial charge on any atom is -0.322 e. The summed E-state index contributed by atoms with van der Waals surface area (Å²) in [5, 5.41) is 2.38. The van der Waals surface area contributed by atoms with Gasteiger partial charge in [0.15, 0.2) is 0 Å². The number of hydrogen-bond donors (Lipinski definition) is 1. The van der Waals surface area contributed by atoms with Crippen LogP contribution in [0.15, 0.2) is 30.9 Å². The van der Waals surface area contributed by atoms with E-state index in [-0.39, 0.29) is 5.91 Å². The molecule has 0 saturated heterocycles. The molecule has 0 aliphatic carbocycles. The molecule has 0 bridgehead atoms. The van der Waals surface area contributed by atoms with Gasteiger partial charge in [-0.25, -0.2) is 4.39 Å². The van der Waals surface area contributed by atoms with E-state index in [1.54, 1.807) is 6.07 Å². The van der Waals surface area contributed by atoms with Crippen LogP contribution < -0.4 is 5.32 Å². The Morgan fingerprint density at radius 3 is 3.00 bits per heavy atom. The van der Waals surface area contributed by atoms with Crippen LogP contribution in [0.4, 0.5) is 10.1 Å². The van der Waals surface area contributed by atoms with Crippen molar-refractivity contribution in [2.75, 3.05) is 5.32 Å². The maximum absolute atomic E-state index is 12.5. The molecular formula is C9H7FNO. The summed E-state index contributed by atoms with van der Waals surface area (Å²) in [4.78, 5) is 10.7. The fourth-order valence-corrected chi connectivity index (χ4v) is 0.697. The van der Waals surface area contributed by atoms with Gasteiger partial charge >= 0.3 is 0 Å².